The van der Waals surface area contributed by atoms with Crippen molar-refractivity contribution in [2.45, 2.75) is 19.4 Å². The van der Waals surface area contributed by atoms with Gasteiger partial charge in [-0.15, -0.1) is 0 Å². The summed E-state index contributed by atoms with van der Waals surface area (Å²) >= 11 is 6.37. The zero-order valence-electron chi connectivity index (χ0n) is 21.6. The number of halogens is 1. The molecule has 6 rings (SSSR count). The van der Waals surface area contributed by atoms with E-state index < -0.39 is 0 Å². The molecule has 200 valence electrons. The largest absolute Gasteiger partial charge is 0.371 e. The zero-order chi connectivity index (χ0) is 26.9. The Hall–Kier alpha value is -3.91. The number of hydrogen-bond donors (Lipinski definition) is 0. The Labute approximate surface area is 232 Å². The van der Waals surface area contributed by atoms with E-state index in [0.29, 0.717) is 37.3 Å². The summed E-state index contributed by atoms with van der Waals surface area (Å²) in [7, 11) is 0. The number of carbonyl (C=O) groups is 3. The second-order valence-electron chi connectivity index (χ2n) is 10.3. The molecule has 1 aromatic heterocycles. The topological polar surface area (TPSA) is 77.1 Å². The molecule has 2 aromatic carbocycles. The maximum Gasteiger partial charge on any atom is 0.263 e. The number of piperidine rings is 1. The number of imide groups is 1. The third-order valence-corrected chi connectivity index (χ3v) is 8.33. The van der Waals surface area contributed by atoms with Gasteiger partial charge in [0.25, 0.3) is 11.8 Å². The highest BCUT2D eigenvalue weighted by Gasteiger charge is 2.39. The second-order valence-corrected chi connectivity index (χ2v) is 10.7. The molecule has 0 saturated carbocycles. The molecule has 4 heterocycles. The molecule has 0 aliphatic carbocycles. The van der Waals surface area contributed by atoms with Crippen molar-refractivity contribution >= 4 is 40.7 Å². The predicted molar refractivity (Wildman–Crippen MR) is 150 cm³/mol. The first-order valence-electron chi connectivity index (χ1n) is 13.4. The van der Waals surface area contributed by atoms with Crippen molar-refractivity contribution in [2.24, 2.45) is 5.92 Å². The first-order chi connectivity index (χ1) is 19.0. The predicted octanol–water partition coefficient (Wildman–Crippen LogP) is 4.10. The number of amides is 3. The molecule has 39 heavy (non-hydrogen) atoms. The fraction of sp³-hybridized carbons (Fsp3) is 0.333. The molecule has 0 unspecified atom stereocenters. The lowest BCUT2D eigenvalue weighted by Gasteiger charge is -2.40. The molecule has 0 N–H and O–H groups in total. The van der Waals surface area contributed by atoms with Crippen molar-refractivity contribution in [3.63, 3.8) is 0 Å². The SMILES string of the molecule is O=C(C1CCN(c2cccc3c2C(=O)N(Cc2cccnc2)C3=O)CC1)N1CCN(c2ccccc2Cl)CC1. The van der Waals surface area contributed by atoms with Gasteiger partial charge in [0, 0.05) is 57.6 Å². The van der Waals surface area contributed by atoms with Crippen LogP contribution in [0.15, 0.2) is 67.0 Å². The smallest absolute Gasteiger partial charge is 0.263 e. The summed E-state index contributed by atoms with van der Waals surface area (Å²) < 4.78 is 0. The van der Waals surface area contributed by atoms with Crippen LogP contribution in [0.1, 0.15) is 39.1 Å². The number of pyridine rings is 1. The van der Waals surface area contributed by atoms with Crippen molar-refractivity contribution in [3.8, 4) is 0 Å². The van der Waals surface area contributed by atoms with Gasteiger partial charge in [0.1, 0.15) is 0 Å². The second kappa shape index (κ2) is 10.7. The lowest BCUT2D eigenvalue weighted by atomic mass is 9.93. The van der Waals surface area contributed by atoms with Crippen LogP contribution in [0.2, 0.25) is 5.02 Å². The Kier molecular flexibility index (Phi) is 6.95. The van der Waals surface area contributed by atoms with Crippen LogP contribution in [0.3, 0.4) is 0 Å². The highest BCUT2D eigenvalue weighted by Crippen LogP contribution is 2.35. The first kappa shape index (κ1) is 25.4. The minimum Gasteiger partial charge on any atom is -0.371 e. The summed E-state index contributed by atoms with van der Waals surface area (Å²) in [5.74, 6) is -0.379. The van der Waals surface area contributed by atoms with Crippen molar-refractivity contribution in [3.05, 3.63) is 88.7 Å². The van der Waals surface area contributed by atoms with Gasteiger partial charge >= 0.3 is 0 Å². The molecule has 8 nitrogen and oxygen atoms in total. The van der Waals surface area contributed by atoms with Crippen molar-refractivity contribution < 1.29 is 14.4 Å². The minimum atomic E-state index is -0.276. The molecule has 3 aliphatic rings. The average Bonchev–Trinajstić information content (AvgIpc) is 3.23. The number of carbonyl (C=O) groups excluding carboxylic acids is 3. The van der Waals surface area contributed by atoms with Crippen LogP contribution >= 0.6 is 11.6 Å². The standard InChI is InChI=1S/C30H30ClN5O3/c31-24-7-1-2-8-25(24)34-15-17-35(18-16-34)28(37)22-10-13-33(14-11-22)26-9-3-6-23-27(26)30(39)36(29(23)38)20-21-5-4-12-32-19-21/h1-9,12,19,22H,10-11,13-18,20H2. The average molecular weight is 544 g/mol. The number of nitrogens with zero attached hydrogens (tertiary/aromatic N) is 5. The molecule has 3 aromatic rings. The van der Waals surface area contributed by atoms with Crippen LogP contribution in [0.4, 0.5) is 11.4 Å². The molecule has 2 fully saturated rings. The Morgan fingerprint density at radius 1 is 0.821 bits per heavy atom. The lowest BCUT2D eigenvalue weighted by Crippen LogP contribution is -2.51. The molecule has 3 amide bonds. The van der Waals surface area contributed by atoms with Crippen LogP contribution in [0, 0.1) is 5.92 Å². The Balaban J connectivity index is 1.08. The Morgan fingerprint density at radius 2 is 1.54 bits per heavy atom. The maximum atomic E-state index is 13.4. The molecule has 0 bridgehead atoms. The van der Waals surface area contributed by atoms with Crippen LogP contribution < -0.4 is 9.80 Å². The minimum absolute atomic E-state index is 0.0377. The fourth-order valence-electron chi connectivity index (χ4n) is 5.90. The summed E-state index contributed by atoms with van der Waals surface area (Å²) in [4.78, 5) is 51.6. The van der Waals surface area contributed by atoms with Gasteiger partial charge in [-0.3, -0.25) is 24.3 Å². The van der Waals surface area contributed by atoms with E-state index in [-0.39, 0.29) is 30.2 Å². The number of para-hydroxylation sites is 1. The number of rotatable bonds is 5. The van der Waals surface area contributed by atoms with Crippen LogP contribution in [0.25, 0.3) is 0 Å². The highest BCUT2D eigenvalue weighted by molar-refractivity contribution is 6.33. The monoisotopic (exact) mass is 543 g/mol. The van der Waals surface area contributed by atoms with Gasteiger partial charge in [0.05, 0.1) is 34.1 Å². The van der Waals surface area contributed by atoms with Gasteiger partial charge in [-0.05, 0) is 48.7 Å². The van der Waals surface area contributed by atoms with E-state index in [1.165, 1.54) is 4.90 Å². The van der Waals surface area contributed by atoms with Gasteiger partial charge in [0.2, 0.25) is 5.91 Å². The number of piperazine rings is 1. The molecular weight excluding hydrogens is 514 g/mol. The summed E-state index contributed by atoms with van der Waals surface area (Å²) in [6.45, 7) is 4.40. The van der Waals surface area contributed by atoms with Crippen molar-refractivity contribution in [1.82, 2.24) is 14.8 Å². The van der Waals surface area contributed by atoms with Gasteiger partial charge in [0.15, 0.2) is 0 Å². The van der Waals surface area contributed by atoms with Gasteiger partial charge in [-0.1, -0.05) is 35.9 Å². The van der Waals surface area contributed by atoms with E-state index in [4.69, 9.17) is 11.6 Å². The highest BCUT2D eigenvalue weighted by atomic mass is 35.5. The van der Waals surface area contributed by atoms with Gasteiger partial charge in [-0.2, -0.15) is 0 Å². The van der Waals surface area contributed by atoms with E-state index in [1.807, 2.05) is 47.4 Å². The molecule has 9 heteroatoms. The maximum absolute atomic E-state index is 13.4. The van der Waals surface area contributed by atoms with Crippen molar-refractivity contribution in [1.29, 1.82) is 0 Å². The van der Waals surface area contributed by atoms with E-state index >= 15 is 0 Å². The number of benzene rings is 2. The fourth-order valence-corrected chi connectivity index (χ4v) is 6.15. The number of hydrogen-bond acceptors (Lipinski definition) is 6. The van der Waals surface area contributed by atoms with Crippen LogP contribution in [-0.2, 0) is 11.3 Å². The summed E-state index contributed by atoms with van der Waals surface area (Å²) in [5, 5.41) is 0.734. The third-order valence-electron chi connectivity index (χ3n) is 8.01. The molecule has 3 aliphatic heterocycles. The lowest BCUT2D eigenvalue weighted by molar-refractivity contribution is -0.136. The summed E-state index contributed by atoms with van der Waals surface area (Å²) in [5.41, 5.74) is 3.50. The van der Waals surface area contributed by atoms with Gasteiger partial charge < -0.3 is 14.7 Å². The van der Waals surface area contributed by atoms with Crippen LogP contribution in [-0.4, -0.2) is 71.8 Å². The van der Waals surface area contributed by atoms with E-state index in [2.05, 4.69) is 14.8 Å². The number of anilines is 2. The Morgan fingerprint density at radius 3 is 2.26 bits per heavy atom. The van der Waals surface area contributed by atoms with Crippen molar-refractivity contribution in [2.75, 3.05) is 49.1 Å². The molecule has 0 atom stereocenters. The van der Waals surface area contributed by atoms with Crippen LogP contribution in [0.5, 0.6) is 0 Å². The van der Waals surface area contributed by atoms with E-state index in [1.54, 1.807) is 24.5 Å². The van der Waals surface area contributed by atoms with Gasteiger partial charge in [-0.25, -0.2) is 0 Å². The summed E-state index contributed by atoms with van der Waals surface area (Å²) in [6, 6.07) is 16.9. The molecular formula is C30H30ClN5O3. The zero-order valence-corrected chi connectivity index (χ0v) is 22.4. The molecule has 2 saturated heterocycles. The van der Waals surface area contributed by atoms with E-state index in [9.17, 15) is 14.4 Å². The Bertz CT molecular complexity index is 1400. The number of aromatic nitrogens is 1. The third kappa shape index (κ3) is 4.85. The molecule has 0 spiro atoms. The normalized spacial score (nSPS) is 18.1. The number of fused-ring (bicyclic) bond motifs is 1. The van der Waals surface area contributed by atoms with E-state index in [0.717, 1.165) is 47.9 Å². The first-order valence-corrected chi connectivity index (χ1v) is 13.8. The quantitative estimate of drug-likeness (QED) is 0.451. The molecule has 0 radical (unpaired) electrons. The summed E-state index contributed by atoms with van der Waals surface area (Å²) in [6.07, 6.45) is 4.77.